The summed E-state index contributed by atoms with van der Waals surface area (Å²) in [4.78, 5) is 11.2. The monoisotopic (exact) mass is 287 g/mol. The predicted molar refractivity (Wildman–Crippen MR) is 82.5 cm³/mol. The highest BCUT2D eigenvalue weighted by Crippen LogP contribution is 2.28. The van der Waals surface area contributed by atoms with Gasteiger partial charge in [0.1, 0.15) is 12.1 Å². The Labute approximate surface area is 124 Å². The molecule has 1 N–H and O–H groups in total. The second-order valence-corrected chi connectivity index (χ2v) is 5.45. The van der Waals surface area contributed by atoms with E-state index in [2.05, 4.69) is 27.9 Å². The molecule has 3 rings (SSSR count). The van der Waals surface area contributed by atoms with E-state index < -0.39 is 0 Å². The van der Waals surface area contributed by atoms with Gasteiger partial charge in [0.25, 0.3) is 0 Å². The van der Waals surface area contributed by atoms with E-state index in [4.69, 9.17) is 9.84 Å². The zero-order valence-electron chi connectivity index (χ0n) is 12.3. The summed E-state index contributed by atoms with van der Waals surface area (Å²) >= 11 is 0. The first-order valence-corrected chi connectivity index (χ1v) is 7.47. The van der Waals surface area contributed by atoms with Gasteiger partial charge in [-0.3, -0.25) is 0 Å². The summed E-state index contributed by atoms with van der Waals surface area (Å²) < 4.78 is 5.62. The second-order valence-electron chi connectivity index (χ2n) is 5.45. The summed E-state index contributed by atoms with van der Waals surface area (Å²) in [6, 6.07) is 6.17. The Morgan fingerprint density at radius 3 is 2.86 bits per heavy atom. The zero-order valence-corrected chi connectivity index (χ0v) is 12.3. The molecule has 1 aromatic heterocycles. The Morgan fingerprint density at radius 1 is 1.29 bits per heavy atom. The first-order valence-electron chi connectivity index (χ1n) is 7.47. The van der Waals surface area contributed by atoms with Gasteiger partial charge < -0.3 is 14.7 Å². The van der Waals surface area contributed by atoms with Gasteiger partial charge in [-0.1, -0.05) is 12.1 Å². The molecule has 112 valence electrons. The van der Waals surface area contributed by atoms with Crippen LogP contribution in [0.15, 0.2) is 24.5 Å². The average molecular weight is 287 g/mol. The molecule has 21 heavy (non-hydrogen) atoms. The van der Waals surface area contributed by atoms with Crippen LogP contribution in [0.25, 0.3) is 10.9 Å². The number of fused-ring (bicyclic) bond motifs is 1. The minimum absolute atomic E-state index is 0.0932. The summed E-state index contributed by atoms with van der Waals surface area (Å²) in [5, 5.41) is 9.97. The molecule has 1 aromatic carbocycles. The van der Waals surface area contributed by atoms with Gasteiger partial charge in [0.15, 0.2) is 0 Å². The first-order chi connectivity index (χ1) is 10.3. The maximum absolute atomic E-state index is 8.82. The van der Waals surface area contributed by atoms with E-state index in [0.29, 0.717) is 6.61 Å². The lowest BCUT2D eigenvalue weighted by atomic mass is 10.1. The van der Waals surface area contributed by atoms with Crippen LogP contribution in [0, 0.1) is 6.92 Å². The molecular formula is C16H21N3O2. The SMILES string of the molecule is Cc1cccc2ncnc(N3CCC(OCCO)CC3)c12. The van der Waals surface area contributed by atoms with E-state index in [9.17, 15) is 0 Å². The number of piperidine rings is 1. The number of hydrogen-bond acceptors (Lipinski definition) is 5. The number of aromatic nitrogens is 2. The van der Waals surface area contributed by atoms with Crippen LogP contribution in [0.2, 0.25) is 0 Å². The lowest BCUT2D eigenvalue weighted by molar-refractivity contribution is 0.0158. The van der Waals surface area contributed by atoms with Gasteiger partial charge in [-0.2, -0.15) is 0 Å². The van der Waals surface area contributed by atoms with Crippen LogP contribution in [0.4, 0.5) is 5.82 Å². The molecule has 0 amide bonds. The molecular weight excluding hydrogens is 266 g/mol. The molecule has 0 saturated carbocycles. The molecule has 5 nitrogen and oxygen atoms in total. The lowest BCUT2D eigenvalue weighted by Gasteiger charge is -2.33. The Balaban J connectivity index is 1.80. The zero-order chi connectivity index (χ0) is 14.7. The van der Waals surface area contributed by atoms with E-state index in [1.54, 1.807) is 6.33 Å². The van der Waals surface area contributed by atoms with Gasteiger partial charge in [-0.25, -0.2) is 9.97 Å². The van der Waals surface area contributed by atoms with Gasteiger partial charge in [0.2, 0.25) is 0 Å². The minimum atomic E-state index is 0.0932. The maximum atomic E-state index is 8.82. The lowest BCUT2D eigenvalue weighted by Crippen LogP contribution is -2.38. The van der Waals surface area contributed by atoms with Gasteiger partial charge >= 0.3 is 0 Å². The van der Waals surface area contributed by atoms with E-state index in [-0.39, 0.29) is 12.7 Å². The highest BCUT2D eigenvalue weighted by molar-refractivity contribution is 5.92. The summed E-state index contributed by atoms with van der Waals surface area (Å²) in [5.41, 5.74) is 2.21. The molecule has 0 radical (unpaired) electrons. The highest BCUT2D eigenvalue weighted by Gasteiger charge is 2.22. The Hall–Kier alpha value is -1.72. The van der Waals surface area contributed by atoms with Crippen LogP contribution >= 0.6 is 0 Å². The second kappa shape index (κ2) is 6.37. The molecule has 1 aliphatic rings. The third kappa shape index (κ3) is 2.99. The molecule has 1 saturated heterocycles. The molecule has 2 heterocycles. The van der Waals surface area contributed by atoms with Gasteiger partial charge in [-0.15, -0.1) is 0 Å². The van der Waals surface area contributed by atoms with Crippen molar-refractivity contribution in [2.24, 2.45) is 0 Å². The van der Waals surface area contributed by atoms with Crippen LogP contribution in [0.5, 0.6) is 0 Å². The van der Waals surface area contributed by atoms with Crippen LogP contribution < -0.4 is 4.90 Å². The number of aryl methyl sites for hydroxylation is 1. The standard InChI is InChI=1S/C16H21N3O2/c1-12-3-2-4-14-15(12)16(18-11-17-14)19-7-5-13(6-8-19)21-10-9-20/h2-4,11,13,20H,5-10H2,1H3. The Kier molecular flexibility index (Phi) is 4.31. The maximum Gasteiger partial charge on any atom is 0.140 e. The number of ether oxygens (including phenoxy) is 1. The van der Waals surface area contributed by atoms with Crippen LogP contribution in [0.1, 0.15) is 18.4 Å². The Bertz CT molecular complexity index is 604. The van der Waals surface area contributed by atoms with Crippen LogP contribution in [-0.2, 0) is 4.74 Å². The van der Waals surface area contributed by atoms with Crippen LogP contribution in [0.3, 0.4) is 0 Å². The molecule has 0 atom stereocenters. The molecule has 0 aliphatic carbocycles. The molecule has 2 aromatic rings. The number of nitrogens with zero attached hydrogens (tertiary/aromatic N) is 3. The number of hydrogen-bond donors (Lipinski definition) is 1. The molecule has 5 heteroatoms. The van der Waals surface area contributed by atoms with Crippen molar-refractivity contribution in [2.45, 2.75) is 25.9 Å². The van der Waals surface area contributed by atoms with E-state index >= 15 is 0 Å². The highest BCUT2D eigenvalue weighted by atomic mass is 16.5. The van der Waals surface area contributed by atoms with Crippen molar-refractivity contribution in [3.05, 3.63) is 30.1 Å². The quantitative estimate of drug-likeness (QED) is 0.931. The average Bonchev–Trinajstić information content (AvgIpc) is 2.53. The van der Waals surface area contributed by atoms with E-state index in [0.717, 1.165) is 42.7 Å². The topological polar surface area (TPSA) is 58.5 Å². The fraction of sp³-hybridized carbons (Fsp3) is 0.500. The van der Waals surface area contributed by atoms with Crippen molar-refractivity contribution in [1.29, 1.82) is 0 Å². The van der Waals surface area contributed by atoms with Gasteiger partial charge in [0, 0.05) is 18.5 Å². The van der Waals surface area contributed by atoms with Gasteiger partial charge in [-0.05, 0) is 31.4 Å². The number of aliphatic hydroxyl groups excluding tert-OH is 1. The van der Waals surface area contributed by atoms with Crippen molar-refractivity contribution < 1.29 is 9.84 Å². The van der Waals surface area contributed by atoms with Crippen molar-refractivity contribution in [3.8, 4) is 0 Å². The molecule has 0 bridgehead atoms. The Morgan fingerprint density at radius 2 is 2.10 bits per heavy atom. The largest absolute Gasteiger partial charge is 0.394 e. The summed E-state index contributed by atoms with van der Waals surface area (Å²) in [5.74, 6) is 1.03. The third-order valence-electron chi connectivity index (χ3n) is 4.04. The van der Waals surface area contributed by atoms with Gasteiger partial charge in [0.05, 0.1) is 24.8 Å². The summed E-state index contributed by atoms with van der Waals surface area (Å²) in [7, 11) is 0. The normalized spacial score (nSPS) is 16.6. The predicted octanol–water partition coefficient (Wildman–Crippen LogP) is 1.92. The number of anilines is 1. The molecule has 0 unspecified atom stereocenters. The number of rotatable bonds is 4. The van der Waals surface area contributed by atoms with Crippen molar-refractivity contribution in [1.82, 2.24) is 9.97 Å². The molecule has 1 fully saturated rings. The molecule has 0 spiro atoms. The summed E-state index contributed by atoms with van der Waals surface area (Å²) in [6.07, 6.45) is 3.84. The number of benzene rings is 1. The fourth-order valence-corrected chi connectivity index (χ4v) is 2.95. The smallest absolute Gasteiger partial charge is 0.140 e. The number of aliphatic hydroxyl groups is 1. The van der Waals surface area contributed by atoms with Crippen molar-refractivity contribution >= 4 is 16.7 Å². The summed E-state index contributed by atoms with van der Waals surface area (Å²) in [6.45, 7) is 4.48. The molecule has 1 aliphatic heterocycles. The van der Waals surface area contributed by atoms with Crippen LogP contribution in [-0.4, -0.2) is 47.5 Å². The minimum Gasteiger partial charge on any atom is -0.394 e. The first kappa shape index (κ1) is 14.2. The van der Waals surface area contributed by atoms with Crippen molar-refractivity contribution in [2.75, 3.05) is 31.2 Å². The third-order valence-corrected chi connectivity index (χ3v) is 4.04. The van der Waals surface area contributed by atoms with E-state index in [1.165, 1.54) is 5.56 Å². The fourth-order valence-electron chi connectivity index (χ4n) is 2.95. The van der Waals surface area contributed by atoms with Crippen molar-refractivity contribution in [3.63, 3.8) is 0 Å². The van der Waals surface area contributed by atoms with E-state index in [1.807, 2.05) is 12.1 Å².